The first-order valence-corrected chi connectivity index (χ1v) is 6.08. The molecule has 17 heavy (non-hydrogen) atoms. The zero-order valence-electron chi connectivity index (χ0n) is 10.1. The van der Waals surface area contributed by atoms with Gasteiger partial charge in [-0.25, -0.2) is 0 Å². The van der Waals surface area contributed by atoms with Crippen LogP contribution in [0.4, 0.5) is 5.69 Å². The third kappa shape index (κ3) is 3.30. The van der Waals surface area contributed by atoms with Gasteiger partial charge in [0, 0.05) is 13.2 Å². The van der Waals surface area contributed by atoms with Gasteiger partial charge in [-0.05, 0) is 12.8 Å². The van der Waals surface area contributed by atoms with Crippen molar-refractivity contribution in [1.29, 1.82) is 0 Å². The highest BCUT2D eigenvalue weighted by Gasteiger charge is 2.31. The van der Waals surface area contributed by atoms with Gasteiger partial charge in [0.1, 0.15) is 0 Å². The van der Waals surface area contributed by atoms with Crippen molar-refractivity contribution in [2.45, 2.75) is 44.1 Å². The summed E-state index contributed by atoms with van der Waals surface area (Å²) >= 11 is 0. The Hall–Kier alpha value is -1.36. The summed E-state index contributed by atoms with van der Waals surface area (Å²) in [6, 6.07) is 0. The smallest absolute Gasteiger partial charge is 0.227 e. The molecule has 1 aliphatic carbocycles. The van der Waals surface area contributed by atoms with Crippen molar-refractivity contribution in [3.05, 3.63) is 12.4 Å². The maximum absolute atomic E-state index is 11.8. The van der Waals surface area contributed by atoms with Crippen LogP contribution in [-0.4, -0.2) is 26.4 Å². The van der Waals surface area contributed by atoms with Gasteiger partial charge in [0.2, 0.25) is 5.91 Å². The molecular formula is C12H19N3O2. The van der Waals surface area contributed by atoms with Crippen LogP contribution in [0.25, 0.3) is 0 Å². The van der Waals surface area contributed by atoms with E-state index in [0.29, 0.717) is 5.69 Å². The number of hydrogen-bond acceptors (Lipinski definition) is 3. The first kappa shape index (κ1) is 12.1. The summed E-state index contributed by atoms with van der Waals surface area (Å²) < 4.78 is 1.63. The lowest BCUT2D eigenvalue weighted by molar-refractivity contribution is -0.122. The Morgan fingerprint density at radius 2 is 2.24 bits per heavy atom. The van der Waals surface area contributed by atoms with Gasteiger partial charge in [0.25, 0.3) is 0 Å². The lowest BCUT2D eigenvalue weighted by atomic mass is 9.82. The molecule has 0 bridgehead atoms. The molecule has 1 heterocycles. The van der Waals surface area contributed by atoms with Crippen molar-refractivity contribution < 1.29 is 9.90 Å². The summed E-state index contributed by atoms with van der Waals surface area (Å²) in [6.45, 7) is 0. The molecule has 1 saturated carbocycles. The molecule has 0 saturated heterocycles. The lowest BCUT2D eigenvalue weighted by Gasteiger charge is -2.31. The van der Waals surface area contributed by atoms with Gasteiger partial charge in [-0.2, -0.15) is 5.10 Å². The van der Waals surface area contributed by atoms with Crippen LogP contribution in [0.1, 0.15) is 38.5 Å². The summed E-state index contributed by atoms with van der Waals surface area (Å²) in [4.78, 5) is 11.8. The fourth-order valence-electron chi connectivity index (χ4n) is 2.38. The van der Waals surface area contributed by atoms with Crippen LogP contribution in [-0.2, 0) is 11.8 Å². The van der Waals surface area contributed by atoms with Crippen LogP contribution in [0.15, 0.2) is 12.4 Å². The van der Waals surface area contributed by atoms with Crippen molar-refractivity contribution >= 4 is 11.6 Å². The second kappa shape index (κ2) is 4.87. The van der Waals surface area contributed by atoms with Crippen LogP contribution in [0.5, 0.6) is 0 Å². The second-order valence-electron chi connectivity index (χ2n) is 4.91. The third-order valence-corrected chi connectivity index (χ3v) is 3.26. The van der Waals surface area contributed by atoms with E-state index in [-0.39, 0.29) is 12.3 Å². The minimum Gasteiger partial charge on any atom is -0.389 e. The summed E-state index contributed by atoms with van der Waals surface area (Å²) in [5, 5.41) is 17.0. The van der Waals surface area contributed by atoms with E-state index in [4.69, 9.17) is 0 Å². The van der Waals surface area contributed by atoms with Gasteiger partial charge in [0.15, 0.2) is 0 Å². The van der Waals surface area contributed by atoms with Crippen molar-refractivity contribution in [3.63, 3.8) is 0 Å². The van der Waals surface area contributed by atoms with Gasteiger partial charge >= 0.3 is 0 Å². The lowest BCUT2D eigenvalue weighted by Crippen LogP contribution is -2.35. The number of aryl methyl sites for hydroxylation is 1. The first-order valence-electron chi connectivity index (χ1n) is 6.08. The number of aliphatic hydroxyl groups is 1. The Morgan fingerprint density at radius 1 is 1.53 bits per heavy atom. The number of anilines is 1. The summed E-state index contributed by atoms with van der Waals surface area (Å²) in [7, 11) is 1.80. The van der Waals surface area contributed by atoms with Crippen molar-refractivity contribution in [2.24, 2.45) is 7.05 Å². The number of nitrogens with zero attached hydrogens (tertiary/aromatic N) is 2. The van der Waals surface area contributed by atoms with Crippen molar-refractivity contribution in [3.8, 4) is 0 Å². The highest BCUT2D eigenvalue weighted by molar-refractivity contribution is 5.91. The largest absolute Gasteiger partial charge is 0.389 e. The van der Waals surface area contributed by atoms with Crippen molar-refractivity contribution in [1.82, 2.24) is 9.78 Å². The molecule has 2 N–H and O–H groups in total. The van der Waals surface area contributed by atoms with Gasteiger partial charge < -0.3 is 10.4 Å². The zero-order valence-corrected chi connectivity index (χ0v) is 10.1. The summed E-state index contributed by atoms with van der Waals surface area (Å²) in [5.74, 6) is -0.137. The van der Waals surface area contributed by atoms with Crippen molar-refractivity contribution in [2.75, 3.05) is 5.32 Å². The van der Waals surface area contributed by atoms with Crippen LogP contribution in [0.3, 0.4) is 0 Å². The fourth-order valence-corrected chi connectivity index (χ4v) is 2.38. The number of nitrogens with one attached hydrogen (secondary N) is 1. The molecule has 2 rings (SSSR count). The molecule has 1 aromatic rings. The number of rotatable bonds is 3. The predicted octanol–water partition coefficient (Wildman–Crippen LogP) is 1.44. The molecule has 0 aromatic carbocycles. The van der Waals surface area contributed by atoms with E-state index in [1.165, 1.54) is 0 Å². The predicted molar refractivity (Wildman–Crippen MR) is 64.5 cm³/mol. The van der Waals surface area contributed by atoms with Crippen LogP contribution in [0.2, 0.25) is 0 Å². The Morgan fingerprint density at radius 3 is 2.82 bits per heavy atom. The fraction of sp³-hybridized carbons (Fsp3) is 0.667. The topological polar surface area (TPSA) is 67.2 Å². The number of amides is 1. The van der Waals surface area contributed by atoms with E-state index in [1.807, 2.05) is 0 Å². The molecule has 0 radical (unpaired) electrons. The maximum atomic E-state index is 11.8. The van der Waals surface area contributed by atoms with Gasteiger partial charge in [0.05, 0.1) is 23.9 Å². The zero-order chi connectivity index (χ0) is 12.3. The van der Waals surface area contributed by atoms with Gasteiger partial charge in [-0.3, -0.25) is 9.48 Å². The quantitative estimate of drug-likeness (QED) is 0.836. The minimum absolute atomic E-state index is 0.137. The van der Waals surface area contributed by atoms with Crippen LogP contribution < -0.4 is 5.32 Å². The van der Waals surface area contributed by atoms with E-state index >= 15 is 0 Å². The Kier molecular flexibility index (Phi) is 3.47. The highest BCUT2D eigenvalue weighted by Crippen LogP contribution is 2.30. The van der Waals surface area contributed by atoms with E-state index in [2.05, 4.69) is 10.4 Å². The molecule has 5 nitrogen and oxygen atoms in total. The molecule has 0 atom stereocenters. The molecule has 1 aromatic heterocycles. The molecule has 1 fully saturated rings. The number of hydrogen-bond donors (Lipinski definition) is 2. The molecule has 94 valence electrons. The molecule has 0 spiro atoms. The number of aromatic nitrogens is 2. The molecule has 1 amide bonds. The summed E-state index contributed by atoms with van der Waals surface area (Å²) in [5.41, 5.74) is -0.123. The van der Waals surface area contributed by atoms with Gasteiger partial charge in [-0.1, -0.05) is 19.3 Å². The SMILES string of the molecule is Cn1cc(NC(=O)CC2(O)CCCCC2)cn1. The van der Waals surface area contributed by atoms with E-state index in [0.717, 1.165) is 32.1 Å². The normalized spacial score (nSPS) is 18.9. The third-order valence-electron chi connectivity index (χ3n) is 3.26. The standard InChI is InChI=1S/C12H19N3O2/c1-15-9-10(8-13-15)14-11(16)7-12(17)5-3-2-4-6-12/h8-9,17H,2-7H2,1H3,(H,14,16). The van der Waals surface area contributed by atoms with E-state index < -0.39 is 5.60 Å². The molecular weight excluding hydrogens is 218 g/mol. The first-order chi connectivity index (χ1) is 8.07. The number of carbonyl (C=O) groups excluding carboxylic acids is 1. The average Bonchev–Trinajstić information content (AvgIpc) is 2.63. The molecule has 1 aliphatic rings. The molecule has 5 heteroatoms. The average molecular weight is 237 g/mol. The summed E-state index contributed by atoms with van der Waals surface area (Å²) in [6.07, 6.45) is 8.16. The monoisotopic (exact) mass is 237 g/mol. The number of carbonyl (C=O) groups is 1. The Balaban J connectivity index is 1.88. The van der Waals surface area contributed by atoms with Crippen LogP contribution in [0, 0.1) is 0 Å². The molecule has 0 aliphatic heterocycles. The Labute approximate surface area is 101 Å². The van der Waals surface area contributed by atoms with E-state index in [1.54, 1.807) is 24.1 Å². The second-order valence-corrected chi connectivity index (χ2v) is 4.91. The highest BCUT2D eigenvalue weighted by atomic mass is 16.3. The van der Waals surface area contributed by atoms with E-state index in [9.17, 15) is 9.90 Å². The van der Waals surface area contributed by atoms with Crippen LogP contribution >= 0.6 is 0 Å². The van der Waals surface area contributed by atoms with Gasteiger partial charge in [-0.15, -0.1) is 0 Å². The minimum atomic E-state index is -0.801. The maximum Gasteiger partial charge on any atom is 0.227 e. The molecule has 0 unspecified atom stereocenters. The Bertz CT molecular complexity index is 394.